The van der Waals surface area contributed by atoms with Crippen molar-refractivity contribution in [3.05, 3.63) is 33.3 Å². The predicted molar refractivity (Wildman–Crippen MR) is 81.8 cm³/mol. The van der Waals surface area contributed by atoms with Crippen molar-refractivity contribution in [1.29, 1.82) is 0 Å². The van der Waals surface area contributed by atoms with E-state index in [9.17, 15) is 9.90 Å². The number of nitrogens with zero attached hydrogens (tertiary/aromatic N) is 1. The second kappa shape index (κ2) is 5.66. The fraction of sp³-hybridized carbons (Fsp3) is 0.533. The Morgan fingerprint density at radius 1 is 1.45 bits per heavy atom. The van der Waals surface area contributed by atoms with Gasteiger partial charge in [-0.2, -0.15) is 0 Å². The second-order valence-corrected chi connectivity index (χ2v) is 7.09. The normalized spacial score (nSPS) is 29.6. The van der Waals surface area contributed by atoms with Gasteiger partial charge in [-0.3, -0.25) is 9.69 Å². The smallest absolute Gasteiger partial charge is 0.321 e. The van der Waals surface area contributed by atoms with E-state index < -0.39 is 5.97 Å². The number of likely N-dealkylation sites (tertiary alicyclic amines) is 1. The minimum absolute atomic E-state index is 0.329. The van der Waals surface area contributed by atoms with E-state index in [4.69, 9.17) is 11.6 Å². The summed E-state index contributed by atoms with van der Waals surface area (Å²) in [6.45, 7) is 1.57. The highest BCUT2D eigenvalue weighted by atomic mass is 79.9. The van der Waals surface area contributed by atoms with E-state index in [2.05, 4.69) is 20.8 Å². The summed E-state index contributed by atoms with van der Waals surface area (Å²) < 4.78 is 0.950. The van der Waals surface area contributed by atoms with Crippen molar-refractivity contribution in [2.75, 3.05) is 6.54 Å². The maximum atomic E-state index is 11.6. The number of rotatable bonds is 3. The molecule has 2 aliphatic rings. The van der Waals surface area contributed by atoms with Gasteiger partial charge in [0.1, 0.15) is 6.04 Å². The molecular formula is C15H17BrClNO2. The average Bonchev–Trinajstić information content (AvgIpc) is 2.91. The zero-order valence-electron chi connectivity index (χ0n) is 11.1. The van der Waals surface area contributed by atoms with E-state index >= 15 is 0 Å². The molecule has 0 bridgehead atoms. The fourth-order valence-corrected chi connectivity index (χ4v) is 4.57. The van der Waals surface area contributed by atoms with Gasteiger partial charge in [-0.05, 0) is 42.4 Å². The van der Waals surface area contributed by atoms with Gasteiger partial charge in [-0.25, -0.2) is 0 Å². The van der Waals surface area contributed by atoms with Gasteiger partial charge in [0.25, 0.3) is 0 Å². The highest BCUT2D eigenvalue weighted by molar-refractivity contribution is 9.10. The van der Waals surface area contributed by atoms with E-state index in [1.807, 2.05) is 18.2 Å². The first-order chi connectivity index (χ1) is 9.56. The predicted octanol–water partition coefficient (Wildman–Crippen LogP) is 3.79. The van der Waals surface area contributed by atoms with Gasteiger partial charge < -0.3 is 5.11 Å². The SMILES string of the molecule is O=C(O)C1C2CCCC2CN1Cc1ccc(Cl)cc1Br. The Balaban J connectivity index is 1.81. The molecule has 108 valence electrons. The maximum Gasteiger partial charge on any atom is 0.321 e. The molecule has 1 saturated carbocycles. The summed E-state index contributed by atoms with van der Waals surface area (Å²) in [5.41, 5.74) is 1.10. The van der Waals surface area contributed by atoms with E-state index in [1.54, 1.807) is 0 Å². The zero-order valence-corrected chi connectivity index (χ0v) is 13.4. The lowest BCUT2D eigenvalue weighted by atomic mass is 9.94. The highest BCUT2D eigenvalue weighted by Crippen LogP contribution is 2.43. The molecule has 3 atom stereocenters. The number of hydrogen-bond donors (Lipinski definition) is 1. The van der Waals surface area contributed by atoms with E-state index in [-0.39, 0.29) is 6.04 Å². The molecule has 3 unspecified atom stereocenters. The third-order valence-electron chi connectivity index (χ3n) is 4.63. The van der Waals surface area contributed by atoms with Gasteiger partial charge in [-0.15, -0.1) is 0 Å². The molecule has 3 nitrogen and oxygen atoms in total. The minimum atomic E-state index is -0.676. The summed E-state index contributed by atoms with van der Waals surface area (Å²) >= 11 is 9.47. The Morgan fingerprint density at radius 2 is 2.25 bits per heavy atom. The van der Waals surface area contributed by atoms with Crippen LogP contribution in [0.5, 0.6) is 0 Å². The van der Waals surface area contributed by atoms with E-state index in [0.29, 0.717) is 23.4 Å². The summed E-state index contributed by atoms with van der Waals surface area (Å²) in [5, 5.41) is 10.2. The molecule has 0 aromatic heterocycles. The van der Waals surface area contributed by atoms with Crippen LogP contribution in [-0.4, -0.2) is 28.6 Å². The molecular weight excluding hydrogens is 342 g/mol. The molecule has 1 aromatic rings. The van der Waals surface area contributed by atoms with Crippen LogP contribution in [0.15, 0.2) is 22.7 Å². The van der Waals surface area contributed by atoms with Crippen molar-refractivity contribution >= 4 is 33.5 Å². The molecule has 1 N–H and O–H groups in total. The topological polar surface area (TPSA) is 40.5 Å². The van der Waals surface area contributed by atoms with Crippen molar-refractivity contribution in [1.82, 2.24) is 4.90 Å². The lowest BCUT2D eigenvalue weighted by molar-refractivity contribution is -0.143. The molecule has 2 fully saturated rings. The third-order valence-corrected chi connectivity index (χ3v) is 5.60. The number of benzene rings is 1. The average molecular weight is 359 g/mol. The van der Waals surface area contributed by atoms with Gasteiger partial charge >= 0.3 is 5.97 Å². The number of carboxylic acid groups (broad SMARTS) is 1. The first kappa shape index (κ1) is 14.4. The van der Waals surface area contributed by atoms with Crippen LogP contribution >= 0.6 is 27.5 Å². The Bertz CT molecular complexity index is 537. The number of carbonyl (C=O) groups is 1. The summed E-state index contributed by atoms with van der Waals surface area (Å²) in [5.74, 6) is 0.213. The minimum Gasteiger partial charge on any atom is -0.480 e. The molecule has 1 heterocycles. The zero-order chi connectivity index (χ0) is 14.3. The van der Waals surface area contributed by atoms with Gasteiger partial charge in [0.2, 0.25) is 0 Å². The quantitative estimate of drug-likeness (QED) is 0.894. The van der Waals surface area contributed by atoms with Crippen LogP contribution < -0.4 is 0 Å². The van der Waals surface area contributed by atoms with Crippen LogP contribution in [0.2, 0.25) is 5.02 Å². The Morgan fingerprint density at radius 3 is 2.95 bits per heavy atom. The number of halogens is 2. The van der Waals surface area contributed by atoms with Crippen LogP contribution in [0.4, 0.5) is 0 Å². The monoisotopic (exact) mass is 357 g/mol. The number of hydrogen-bond acceptors (Lipinski definition) is 2. The van der Waals surface area contributed by atoms with Crippen LogP contribution in [0.1, 0.15) is 24.8 Å². The first-order valence-electron chi connectivity index (χ1n) is 6.97. The lowest BCUT2D eigenvalue weighted by Crippen LogP contribution is -2.39. The molecule has 1 aliphatic heterocycles. The molecule has 0 spiro atoms. The van der Waals surface area contributed by atoms with E-state index in [1.165, 1.54) is 12.8 Å². The van der Waals surface area contributed by atoms with Gasteiger partial charge in [0, 0.05) is 22.6 Å². The van der Waals surface area contributed by atoms with Crippen LogP contribution in [0.3, 0.4) is 0 Å². The third kappa shape index (κ3) is 2.61. The Hall–Kier alpha value is -0.580. The molecule has 5 heteroatoms. The number of aliphatic carboxylic acids is 1. The summed E-state index contributed by atoms with van der Waals surface area (Å²) in [4.78, 5) is 13.7. The number of carboxylic acids is 1. The van der Waals surface area contributed by atoms with Crippen LogP contribution in [0, 0.1) is 11.8 Å². The summed E-state index contributed by atoms with van der Waals surface area (Å²) in [6, 6.07) is 5.36. The Labute approximate surface area is 132 Å². The molecule has 1 aromatic carbocycles. The standard InChI is InChI=1S/C15H17BrClNO2/c16-13-6-11(17)5-4-10(13)8-18-7-9-2-1-3-12(9)14(18)15(19)20/h4-6,9,12,14H,1-3,7-8H2,(H,19,20). The second-order valence-electron chi connectivity index (χ2n) is 5.80. The summed E-state index contributed by atoms with van der Waals surface area (Å²) in [6.07, 6.45) is 3.41. The molecule has 3 rings (SSSR count). The van der Waals surface area contributed by atoms with Crippen molar-refractivity contribution in [2.24, 2.45) is 11.8 Å². The highest BCUT2D eigenvalue weighted by Gasteiger charge is 2.47. The molecule has 0 radical (unpaired) electrons. The largest absolute Gasteiger partial charge is 0.480 e. The van der Waals surface area contributed by atoms with Gasteiger partial charge in [0.15, 0.2) is 0 Å². The van der Waals surface area contributed by atoms with Crippen molar-refractivity contribution in [2.45, 2.75) is 31.8 Å². The van der Waals surface area contributed by atoms with Gasteiger partial charge in [-0.1, -0.05) is 40.0 Å². The molecule has 0 amide bonds. The van der Waals surface area contributed by atoms with Crippen molar-refractivity contribution in [3.63, 3.8) is 0 Å². The molecule has 1 aliphatic carbocycles. The van der Waals surface area contributed by atoms with Gasteiger partial charge in [0.05, 0.1) is 0 Å². The van der Waals surface area contributed by atoms with Crippen LogP contribution in [-0.2, 0) is 11.3 Å². The van der Waals surface area contributed by atoms with Crippen molar-refractivity contribution < 1.29 is 9.90 Å². The van der Waals surface area contributed by atoms with Crippen LogP contribution in [0.25, 0.3) is 0 Å². The number of fused-ring (bicyclic) bond motifs is 1. The fourth-order valence-electron chi connectivity index (χ4n) is 3.76. The Kier molecular flexibility index (Phi) is 4.07. The summed E-state index contributed by atoms with van der Waals surface area (Å²) in [7, 11) is 0. The van der Waals surface area contributed by atoms with E-state index in [0.717, 1.165) is 23.0 Å². The maximum absolute atomic E-state index is 11.6. The van der Waals surface area contributed by atoms with Crippen molar-refractivity contribution in [3.8, 4) is 0 Å². The first-order valence-corrected chi connectivity index (χ1v) is 8.14. The molecule has 1 saturated heterocycles. The lowest BCUT2D eigenvalue weighted by Gasteiger charge is -2.24. The molecule has 20 heavy (non-hydrogen) atoms.